The Labute approximate surface area is 239 Å². The van der Waals surface area contributed by atoms with Gasteiger partial charge in [0.25, 0.3) is 5.69 Å². The van der Waals surface area contributed by atoms with E-state index >= 15 is 0 Å². The van der Waals surface area contributed by atoms with E-state index in [9.17, 15) is 10.1 Å². The second-order valence-corrected chi connectivity index (χ2v) is 19.4. The van der Waals surface area contributed by atoms with Crippen molar-refractivity contribution in [1.29, 1.82) is 0 Å². The molecule has 0 aromatic heterocycles. The van der Waals surface area contributed by atoms with E-state index in [4.69, 9.17) is 8.85 Å². The Morgan fingerprint density at radius 1 is 0.795 bits per heavy atom. The summed E-state index contributed by atoms with van der Waals surface area (Å²) in [5, 5.41) is 20.0. The molecule has 8 nitrogen and oxygen atoms in total. The summed E-state index contributed by atoms with van der Waals surface area (Å²) in [6, 6.07) is 12.2. The first-order chi connectivity index (χ1) is 17.8. The molecule has 0 bridgehead atoms. The SMILES string of the molecule is Cc1cc(N(CC(C)(C)O[SiH2]C(C)(C)C)CC(C)(C)O[SiH2]C(C)(C)C)ccc1N=Nc1ccc([N+](=O)[O-])cc1. The van der Waals surface area contributed by atoms with Crippen molar-refractivity contribution in [1.82, 2.24) is 0 Å². The number of anilines is 1. The molecule has 0 aliphatic heterocycles. The number of aryl methyl sites for hydroxylation is 1. The van der Waals surface area contributed by atoms with Gasteiger partial charge in [0.2, 0.25) is 0 Å². The molecule has 0 amide bonds. The second kappa shape index (κ2) is 12.8. The van der Waals surface area contributed by atoms with Crippen molar-refractivity contribution in [2.45, 2.75) is 97.4 Å². The van der Waals surface area contributed by atoms with Crippen LogP contribution in [0.2, 0.25) is 10.1 Å². The average Bonchev–Trinajstić information content (AvgIpc) is 2.80. The predicted octanol–water partition coefficient (Wildman–Crippen LogP) is 7.32. The predicted molar refractivity (Wildman–Crippen MR) is 168 cm³/mol. The molecule has 0 heterocycles. The molecule has 2 aromatic carbocycles. The van der Waals surface area contributed by atoms with Gasteiger partial charge in [-0.25, -0.2) is 0 Å². The van der Waals surface area contributed by atoms with Crippen molar-refractivity contribution >= 4 is 42.3 Å². The lowest BCUT2D eigenvalue weighted by Gasteiger charge is -2.41. The smallest absolute Gasteiger partial charge is 0.269 e. The lowest BCUT2D eigenvalue weighted by molar-refractivity contribution is -0.384. The van der Waals surface area contributed by atoms with Crippen LogP contribution in [0.1, 0.15) is 74.8 Å². The fraction of sp³-hybridized carbons (Fsp3) is 0.586. The molecule has 0 atom stereocenters. The summed E-state index contributed by atoms with van der Waals surface area (Å²) in [5.74, 6) is 0. The molecule has 216 valence electrons. The molecule has 0 saturated heterocycles. The molecule has 0 aliphatic carbocycles. The van der Waals surface area contributed by atoms with Gasteiger partial charge in [-0.3, -0.25) is 10.1 Å². The van der Waals surface area contributed by atoms with E-state index in [-0.39, 0.29) is 27.0 Å². The van der Waals surface area contributed by atoms with Gasteiger partial charge in [-0.05, 0) is 80.6 Å². The van der Waals surface area contributed by atoms with Gasteiger partial charge in [0.05, 0.1) is 27.5 Å². The van der Waals surface area contributed by atoms with Crippen molar-refractivity contribution in [2.75, 3.05) is 18.0 Å². The van der Waals surface area contributed by atoms with Crippen LogP contribution in [-0.2, 0) is 8.85 Å². The number of hydrogen-bond acceptors (Lipinski definition) is 7. The fourth-order valence-corrected chi connectivity index (χ4v) is 5.60. The number of benzene rings is 2. The maximum atomic E-state index is 10.9. The van der Waals surface area contributed by atoms with E-state index in [1.807, 2.05) is 13.0 Å². The highest BCUT2D eigenvalue weighted by Crippen LogP contribution is 2.31. The van der Waals surface area contributed by atoms with Crippen LogP contribution < -0.4 is 4.90 Å². The number of non-ortho nitro benzene ring substituents is 1. The number of nitrogens with zero attached hydrogens (tertiary/aromatic N) is 4. The van der Waals surface area contributed by atoms with Crippen LogP contribution >= 0.6 is 0 Å². The summed E-state index contributed by atoms with van der Waals surface area (Å²) in [7, 11) is -1.43. The van der Waals surface area contributed by atoms with Crippen LogP contribution in [0.3, 0.4) is 0 Å². The minimum atomic E-state index is -0.717. The van der Waals surface area contributed by atoms with Crippen molar-refractivity contribution < 1.29 is 13.8 Å². The Bertz CT molecular complexity index is 1110. The molecule has 0 unspecified atom stereocenters. The zero-order valence-electron chi connectivity index (χ0n) is 25.8. The first-order valence-electron chi connectivity index (χ1n) is 13.6. The van der Waals surface area contributed by atoms with Gasteiger partial charge in [-0.1, -0.05) is 41.5 Å². The number of nitro groups is 1. The topological polar surface area (TPSA) is 89.6 Å². The van der Waals surface area contributed by atoms with E-state index in [2.05, 4.69) is 96.5 Å². The van der Waals surface area contributed by atoms with Crippen LogP contribution in [-0.4, -0.2) is 48.7 Å². The van der Waals surface area contributed by atoms with Crippen LogP contribution in [0.15, 0.2) is 52.7 Å². The molecule has 0 radical (unpaired) electrons. The van der Waals surface area contributed by atoms with Crippen LogP contribution in [0.5, 0.6) is 0 Å². The van der Waals surface area contributed by atoms with Crippen molar-refractivity contribution in [3.05, 3.63) is 58.1 Å². The summed E-state index contributed by atoms with van der Waals surface area (Å²) in [6.07, 6.45) is 0. The molecule has 0 spiro atoms. The van der Waals surface area contributed by atoms with Crippen LogP contribution in [0.4, 0.5) is 22.7 Å². The summed E-state index contributed by atoms with van der Waals surface area (Å²) < 4.78 is 13.1. The zero-order valence-corrected chi connectivity index (χ0v) is 28.6. The number of azo groups is 1. The van der Waals surface area contributed by atoms with Crippen molar-refractivity contribution in [3.63, 3.8) is 0 Å². The first kappa shape index (κ1) is 32.8. The van der Waals surface area contributed by atoms with Crippen molar-refractivity contribution in [3.8, 4) is 0 Å². The van der Waals surface area contributed by atoms with E-state index in [1.165, 1.54) is 12.1 Å². The number of rotatable bonds is 12. The lowest BCUT2D eigenvalue weighted by atomic mass is 10.0. The van der Waals surface area contributed by atoms with Gasteiger partial charge < -0.3 is 13.8 Å². The molecule has 39 heavy (non-hydrogen) atoms. The third-order valence-electron chi connectivity index (χ3n) is 5.81. The van der Waals surface area contributed by atoms with Gasteiger partial charge in [-0.15, -0.1) is 0 Å². The van der Waals surface area contributed by atoms with E-state index in [1.54, 1.807) is 12.1 Å². The molecular weight excluding hydrogens is 525 g/mol. The third kappa shape index (κ3) is 12.1. The van der Waals surface area contributed by atoms with Crippen LogP contribution in [0, 0.1) is 17.0 Å². The number of hydrogen-bond donors (Lipinski definition) is 0. The fourth-order valence-electron chi connectivity index (χ4n) is 3.77. The van der Waals surface area contributed by atoms with Gasteiger partial charge in [0.1, 0.15) is 0 Å². The Kier molecular flexibility index (Phi) is 10.8. The largest absolute Gasteiger partial charge is 0.417 e. The summed E-state index contributed by atoms with van der Waals surface area (Å²) in [6.45, 7) is 25.7. The maximum Gasteiger partial charge on any atom is 0.269 e. The first-order valence-corrected chi connectivity index (χ1v) is 16.1. The van der Waals surface area contributed by atoms with Gasteiger partial charge >= 0.3 is 0 Å². The Balaban J connectivity index is 2.30. The zero-order chi connectivity index (χ0) is 29.6. The van der Waals surface area contributed by atoms with Gasteiger partial charge in [-0.2, -0.15) is 10.2 Å². The normalized spacial score (nSPS) is 13.8. The Morgan fingerprint density at radius 2 is 1.28 bits per heavy atom. The summed E-state index contributed by atoms with van der Waals surface area (Å²) >= 11 is 0. The highest BCUT2D eigenvalue weighted by molar-refractivity contribution is 6.32. The Morgan fingerprint density at radius 3 is 1.69 bits per heavy atom. The molecule has 0 N–H and O–H groups in total. The molecule has 2 rings (SSSR count). The number of nitro benzene ring substituents is 1. The quantitative estimate of drug-likeness (QED) is 0.115. The minimum absolute atomic E-state index is 0.0312. The average molecular weight is 573 g/mol. The summed E-state index contributed by atoms with van der Waals surface area (Å²) in [5.41, 5.74) is 2.82. The standard InChI is InChI=1S/C29H48N4O4Si2/c1-21-18-24(16-17-25(21)31-30-22-12-14-23(15-13-22)33(34)35)32(19-28(8,9)36-38-26(2,3)4)20-29(10,11)37-39-27(5,6)7/h12-18H,19-20,38-39H2,1-11H3. The van der Waals surface area contributed by atoms with Crippen LogP contribution in [0.25, 0.3) is 0 Å². The highest BCUT2D eigenvalue weighted by atomic mass is 28.2. The van der Waals surface area contributed by atoms with E-state index < -0.39 is 24.4 Å². The molecule has 2 aromatic rings. The maximum absolute atomic E-state index is 10.9. The Hall–Kier alpha value is -2.41. The van der Waals surface area contributed by atoms with Crippen molar-refractivity contribution in [2.24, 2.45) is 10.2 Å². The third-order valence-corrected chi connectivity index (χ3v) is 9.40. The van der Waals surface area contributed by atoms with E-state index in [0.717, 1.165) is 30.0 Å². The molecular formula is C29H48N4O4Si2. The van der Waals surface area contributed by atoms with Gasteiger partial charge in [0.15, 0.2) is 19.5 Å². The molecule has 0 saturated carbocycles. The summed E-state index contributed by atoms with van der Waals surface area (Å²) in [4.78, 5) is 12.8. The lowest BCUT2D eigenvalue weighted by Crippen LogP contribution is -2.49. The monoisotopic (exact) mass is 572 g/mol. The molecule has 0 aliphatic rings. The minimum Gasteiger partial charge on any atom is -0.417 e. The van der Waals surface area contributed by atoms with E-state index in [0.29, 0.717) is 5.69 Å². The molecule has 0 fully saturated rings. The van der Waals surface area contributed by atoms with Gasteiger partial charge in [0, 0.05) is 30.9 Å². The molecule has 10 heteroatoms. The second-order valence-electron chi connectivity index (χ2n) is 14.0. The highest BCUT2D eigenvalue weighted by Gasteiger charge is 2.30.